The lowest BCUT2D eigenvalue weighted by molar-refractivity contribution is -0.00908. The molecule has 2 saturated heterocycles. The molecular weight excluding hydrogens is 200 g/mol. The summed E-state index contributed by atoms with van der Waals surface area (Å²) in [4.78, 5) is 2.56. The van der Waals surface area contributed by atoms with Crippen LogP contribution in [-0.4, -0.2) is 43.3 Å². The molecule has 0 amide bonds. The van der Waals surface area contributed by atoms with Crippen molar-refractivity contribution in [2.75, 3.05) is 26.3 Å². The first-order valence-electron chi connectivity index (χ1n) is 6.76. The molecule has 0 aromatic heterocycles. The van der Waals surface area contributed by atoms with Crippen molar-refractivity contribution < 1.29 is 4.74 Å². The Hall–Kier alpha value is -0.120. The molecule has 94 valence electrons. The van der Waals surface area contributed by atoms with Crippen LogP contribution in [0.25, 0.3) is 0 Å². The molecule has 2 aliphatic rings. The van der Waals surface area contributed by atoms with Gasteiger partial charge in [0.1, 0.15) is 0 Å². The predicted octanol–water partition coefficient (Wildman–Crippen LogP) is 1.47. The summed E-state index contributed by atoms with van der Waals surface area (Å²) in [6.07, 6.45) is 3.69. The van der Waals surface area contributed by atoms with E-state index in [1.807, 2.05) is 0 Å². The third-order valence-electron chi connectivity index (χ3n) is 4.36. The minimum absolute atomic E-state index is 0.323. The van der Waals surface area contributed by atoms with E-state index in [0.717, 1.165) is 31.5 Å². The predicted molar refractivity (Wildman–Crippen MR) is 66.3 cm³/mol. The summed E-state index contributed by atoms with van der Waals surface area (Å²) < 4.78 is 5.56. The highest BCUT2D eigenvalue weighted by atomic mass is 16.5. The van der Waals surface area contributed by atoms with Gasteiger partial charge in [-0.1, -0.05) is 13.8 Å². The van der Waals surface area contributed by atoms with Gasteiger partial charge < -0.3 is 10.5 Å². The highest BCUT2D eigenvalue weighted by Gasteiger charge is 2.31. The summed E-state index contributed by atoms with van der Waals surface area (Å²) in [5.41, 5.74) is 6.18. The molecule has 0 bridgehead atoms. The standard InChI is InChI=1S/C13H26N2O/c1-10(2)11-3-6-15(7-4-11)13-9-16-8-5-12(13)14/h10-13H,3-9,14H2,1-2H3. The maximum atomic E-state index is 6.18. The number of rotatable bonds is 2. The molecule has 2 heterocycles. The Kier molecular flexibility index (Phi) is 4.22. The number of nitrogens with zero attached hydrogens (tertiary/aromatic N) is 1. The van der Waals surface area contributed by atoms with Crippen molar-refractivity contribution >= 4 is 0 Å². The number of piperidine rings is 1. The van der Waals surface area contributed by atoms with Crippen molar-refractivity contribution in [2.45, 2.75) is 45.2 Å². The van der Waals surface area contributed by atoms with Crippen LogP contribution in [0.2, 0.25) is 0 Å². The molecule has 0 aliphatic carbocycles. The SMILES string of the molecule is CC(C)C1CCN(C2COCCC2N)CC1. The topological polar surface area (TPSA) is 38.5 Å². The molecule has 0 aromatic rings. The van der Waals surface area contributed by atoms with E-state index in [4.69, 9.17) is 10.5 Å². The Bertz CT molecular complexity index is 212. The number of ether oxygens (including phenoxy) is 1. The average Bonchev–Trinajstić information content (AvgIpc) is 2.30. The van der Waals surface area contributed by atoms with Gasteiger partial charge >= 0.3 is 0 Å². The van der Waals surface area contributed by atoms with E-state index >= 15 is 0 Å². The molecule has 0 saturated carbocycles. The molecule has 0 radical (unpaired) electrons. The van der Waals surface area contributed by atoms with Crippen LogP contribution in [0.15, 0.2) is 0 Å². The Morgan fingerprint density at radius 1 is 1.19 bits per heavy atom. The van der Waals surface area contributed by atoms with Crippen molar-refractivity contribution in [1.82, 2.24) is 4.90 Å². The number of likely N-dealkylation sites (tertiary alicyclic amines) is 1. The first-order chi connectivity index (χ1) is 7.68. The lowest BCUT2D eigenvalue weighted by Gasteiger charge is -2.42. The van der Waals surface area contributed by atoms with Gasteiger partial charge in [0, 0.05) is 18.7 Å². The van der Waals surface area contributed by atoms with E-state index in [9.17, 15) is 0 Å². The smallest absolute Gasteiger partial charge is 0.0636 e. The second-order valence-corrected chi connectivity index (χ2v) is 5.71. The van der Waals surface area contributed by atoms with Gasteiger partial charge in [-0.3, -0.25) is 4.90 Å². The quantitative estimate of drug-likeness (QED) is 0.775. The average molecular weight is 226 g/mol. The maximum Gasteiger partial charge on any atom is 0.0636 e. The van der Waals surface area contributed by atoms with E-state index < -0.39 is 0 Å². The van der Waals surface area contributed by atoms with Crippen molar-refractivity contribution in [2.24, 2.45) is 17.6 Å². The summed E-state index contributed by atoms with van der Waals surface area (Å²) in [5, 5.41) is 0. The van der Waals surface area contributed by atoms with Gasteiger partial charge in [-0.25, -0.2) is 0 Å². The summed E-state index contributed by atoms with van der Waals surface area (Å²) in [6, 6.07) is 0.797. The first-order valence-corrected chi connectivity index (χ1v) is 6.76. The molecule has 2 rings (SSSR count). The molecule has 0 spiro atoms. The Labute approximate surface area is 99.3 Å². The van der Waals surface area contributed by atoms with Gasteiger partial charge in [0.05, 0.1) is 6.61 Å². The molecule has 2 unspecified atom stereocenters. The third-order valence-corrected chi connectivity index (χ3v) is 4.36. The van der Waals surface area contributed by atoms with Gasteiger partial charge in [0.2, 0.25) is 0 Å². The second kappa shape index (κ2) is 5.48. The van der Waals surface area contributed by atoms with Crippen molar-refractivity contribution in [1.29, 1.82) is 0 Å². The molecular formula is C13H26N2O. The molecule has 2 N–H and O–H groups in total. The zero-order valence-electron chi connectivity index (χ0n) is 10.7. The van der Waals surface area contributed by atoms with Gasteiger partial charge in [-0.2, -0.15) is 0 Å². The summed E-state index contributed by atoms with van der Waals surface area (Å²) in [6.45, 7) is 8.80. The number of hydrogen-bond acceptors (Lipinski definition) is 3. The maximum absolute atomic E-state index is 6.18. The molecule has 2 atom stereocenters. The van der Waals surface area contributed by atoms with Crippen molar-refractivity contribution in [3.8, 4) is 0 Å². The van der Waals surface area contributed by atoms with E-state index in [1.54, 1.807) is 0 Å². The van der Waals surface area contributed by atoms with Crippen LogP contribution in [0, 0.1) is 11.8 Å². The second-order valence-electron chi connectivity index (χ2n) is 5.71. The van der Waals surface area contributed by atoms with Crippen LogP contribution >= 0.6 is 0 Å². The zero-order chi connectivity index (χ0) is 11.5. The minimum atomic E-state index is 0.323. The van der Waals surface area contributed by atoms with Crippen LogP contribution in [0.3, 0.4) is 0 Å². The Balaban J connectivity index is 1.83. The molecule has 3 nitrogen and oxygen atoms in total. The Morgan fingerprint density at radius 3 is 2.44 bits per heavy atom. The fourth-order valence-corrected chi connectivity index (χ4v) is 3.03. The fourth-order valence-electron chi connectivity index (χ4n) is 3.03. The lowest BCUT2D eigenvalue weighted by Crippen LogP contribution is -2.55. The molecule has 2 aliphatic heterocycles. The van der Waals surface area contributed by atoms with Crippen LogP contribution in [0.5, 0.6) is 0 Å². The largest absolute Gasteiger partial charge is 0.380 e. The van der Waals surface area contributed by atoms with Crippen LogP contribution in [-0.2, 0) is 4.74 Å². The number of nitrogens with two attached hydrogens (primary N) is 1. The van der Waals surface area contributed by atoms with E-state index in [1.165, 1.54) is 25.9 Å². The summed E-state index contributed by atoms with van der Waals surface area (Å²) in [5.74, 6) is 1.75. The van der Waals surface area contributed by atoms with Gasteiger partial charge in [0.25, 0.3) is 0 Å². The Morgan fingerprint density at radius 2 is 1.88 bits per heavy atom. The number of hydrogen-bond donors (Lipinski definition) is 1. The van der Waals surface area contributed by atoms with Crippen LogP contribution < -0.4 is 5.73 Å². The highest BCUT2D eigenvalue weighted by molar-refractivity contribution is 4.87. The van der Waals surface area contributed by atoms with Crippen molar-refractivity contribution in [3.63, 3.8) is 0 Å². The molecule has 0 aromatic carbocycles. The summed E-state index contributed by atoms with van der Waals surface area (Å²) in [7, 11) is 0. The monoisotopic (exact) mass is 226 g/mol. The fraction of sp³-hybridized carbons (Fsp3) is 1.00. The molecule has 2 fully saturated rings. The molecule has 3 heteroatoms. The first kappa shape index (κ1) is 12.3. The normalized spacial score (nSPS) is 34.5. The minimum Gasteiger partial charge on any atom is -0.380 e. The van der Waals surface area contributed by atoms with Crippen LogP contribution in [0.1, 0.15) is 33.1 Å². The van der Waals surface area contributed by atoms with E-state index in [2.05, 4.69) is 18.7 Å². The molecule has 16 heavy (non-hydrogen) atoms. The highest BCUT2D eigenvalue weighted by Crippen LogP contribution is 2.26. The third kappa shape index (κ3) is 2.76. The van der Waals surface area contributed by atoms with Gasteiger partial charge in [0.15, 0.2) is 0 Å². The van der Waals surface area contributed by atoms with E-state index in [-0.39, 0.29) is 0 Å². The summed E-state index contributed by atoms with van der Waals surface area (Å²) >= 11 is 0. The van der Waals surface area contributed by atoms with Crippen LogP contribution in [0.4, 0.5) is 0 Å². The van der Waals surface area contributed by atoms with Gasteiger partial charge in [-0.15, -0.1) is 0 Å². The zero-order valence-corrected chi connectivity index (χ0v) is 10.7. The van der Waals surface area contributed by atoms with Gasteiger partial charge in [-0.05, 0) is 44.2 Å². The lowest BCUT2D eigenvalue weighted by atomic mass is 9.85. The van der Waals surface area contributed by atoms with Crippen molar-refractivity contribution in [3.05, 3.63) is 0 Å². The van der Waals surface area contributed by atoms with E-state index in [0.29, 0.717) is 12.1 Å².